The third kappa shape index (κ3) is 5.78. The van der Waals surface area contributed by atoms with Crippen LogP contribution in [0.25, 0.3) is 0 Å². The van der Waals surface area contributed by atoms with Crippen LogP contribution in [-0.4, -0.2) is 66.2 Å². The third-order valence-corrected chi connectivity index (χ3v) is 3.09. The number of hydrogen-bond acceptors (Lipinski definition) is 9. The lowest BCUT2D eigenvalue weighted by Gasteiger charge is -2.43. The Morgan fingerprint density at radius 3 is 1.96 bits per heavy atom. The minimum absolute atomic E-state index is 0.338. The van der Waals surface area contributed by atoms with Gasteiger partial charge in [0.15, 0.2) is 18.5 Å². The van der Waals surface area contributed by atoms with Gasteiger partial charge in [0.2, 0.25) is 5.91 Å². The van der Waals surface area contributed by atoms with Crippen LogP contribution in [0, 0.1) is 0 Å². The fraction of sp³-hybridized carbons (Fsp3) is 0.714. The number of aliphatic hydroxyl groups is 1. The average Bonchev–Trinajstić information content (AvgIpc) is 2.42. The summed E-state index contributed by atoms with van der Waals surface area (Å²) in [5.41, 5.74) is 0. The average molecular weight is 347 g/mol. The number of carbonyl (C=O) groups is 4. The number of aliphatic hydroxyl groups excluding tert-OH is 1. The van der Waals surface area contributed by atoms with Crippen LogP contribution in [0.3, 0.4) is 0 Å². The van der Waals surface area contributed by atoms with Crippen molar-refractivity contribution in [1.82, 2.24) is 5.32 Å². The van der Waals surface area contributed by atoms with Crippen molar-refractivity contribution in [1.29, 1.82) is 0 Å². The lowest BCUT2D eigenvalue weighted by molar-refractivity contribution is -0.264. The van der Waals surface area contributed by atoms with Crippen LogP contribution in [-0.2, 0) is 38.1 Å². The van der Waals surface area contributed by atoms with E-state index in [2.05, 4.69) is 5.32 Å². The van der Waals surface area contributed by atoms with Crippen molar-refractivity contribution >= 4 is 23.8 Å². The Labute approximate surface area is 138 Å². The summed E-state index contributed by atoms with van der Waals surface area (Å²) in [4.78, 5) is 45.0. The molecule has 24 heavy (non-hydrogen) atoms. The largest absolute Gasteiger partial charge is 0.463 e. The predicted molar refractivity (Wildman–Crippen MR) is 76.2 cm³/mol. The highest BCUT2D eigenvalue weighted by atomic mass is 16.7. The van der Waals surface area contributed by atoms with Gasteiger partial charge in [0.1, 0.15) is 18.8 Å². The van der Waals surface area contributed by atoms with Crippen LogP contribution < -0.4 is 5.32 Å². The molecule has 1 saturated heterocycles. The van der Waals surface area contributed by atoms with Gasteiger partial charge in [-0.2, -0.15) is 0 Å². The zero-order chi connectivity index (χ0) is 18.4. The fourth-order valence-electron chi connectivity index (χ4n) is 2.31. The first-order chi connectivity index (χ1) is 11.1. The highest BCUT2D eigenvalue weighted by molar-refractivity contribution is 5.73. The number of hydrogen-bond donors (Lipinski definition) is 2. The third-order valence-electron chi connectivity index (χ3n) is 3.09. The molecule has 5 atom stereocenters. The zero-order valence-electron chi connectivity index (χ0n) is 13.8. The predicted octanol–water partition coefficient (Wildman–Crippen LogP) is -1.37. The second-order valence-electron chi connectivity index (χ2n) is 5.24. The molecule has 0 radical (unpaired) electrons. The summed E-state index contributed by atoms with van der Waals surface area (Å²) in [6.45, 7) is 4.28. The maximum atomic E-state index is 11.4. The van der Waals surface area contributed by atoms with Crippen LogP contribution in [0.2, 0.25) is 0 Å². The van der Waals surface area contributed by atoms with E-state index in [1.807, 2.05) is 0 Å². The molecule has 1 aliphatic heterocycles. The molecule has 1 fully saturated rings. The van der Waals surface area contributed by atoms with Crippen LogP contribution in [0.5, 0.6) is 0 Å². The lowest BCUT2D eigenvalue weighted by Crippen LogP contribution is -2.66. The van der Waals surface area contributed by atoms with E-state index < -0.39 is 54.5 Å². The summed E-state index contributed by atoms with van der Waals surface area (Å²) in [6.07, 6.45) is -5.06. The molecule has 1 amide bonds. The minimum atomic E-state index is -1.56. The van der Waals surface area contributed by atoms with Crippen LogP contribution in [0.4, 0.5) is 0 Å². The number of rotatable bonds is 5. The molecule has 1 heterocycles. The van der Waals surface area contributed by atoms with Gasteiger partial charge in [-0.1, -0.05) is 0 Å². The van der Waals surface area contributed by atoms with Gasteiger partial charge in [0.25, 0.3) is 0 Å². The standard InChI is InChI=1S/C14H21NO9/c1-6(16)15-11-13(23-9(4)19)12(22-8(3)18)10(24-14(11)20)5-21-7(2)17/h10-14,20H,5H2,1-4H3,(H,15,16)/t10-,11-,12+,13+,14+/m1/s1. The molecule has 0 aliphatic carbocycles. The molecule has 0 aromatic heterocycles. The Kier molecular flexibility index (Phi) is 7.11. The SMILES string of the molecule is CC(=O)N[C@@H]1[C@H](OC(C)=O)[C@@H](OC(C)=O)[C@@H](COC(C)=O)O[C@@H]1O. The van der Waals surface area contributed by atoms with Crippen molar-refractivity contribution in [2.45, 2.75) is 58.3 Å². The van der Waals surface area contributed by atoms with Gasteiger partial charge < -0.3 is 29.4 Å². The Balaban J connectivity index is 3.11. The number of amides is 1. The second-order valence-corrected chi connectivity index (χ2v) is 5.24. The van der Waals surface area contributed by atoms with Gasteiger partial charge >= 0.3 is 17.9 Å². The summed E-state index contributed by atoms with van der Waals surface area (Å²) in [5.74, 6) is -2.54. The summed E-state index contributed by atoms with van der Waals surface area (Å²) >= 11 is 0. The van der Waals surface area contributed by atoms with Crippen LogP contribution >= 0.6 is 0 Å². The van der Waals surface area contributed by atoms with Crippen molar-refractivity contribution in [2.75, 3.05) is 6.61 Å². The summed E-state index contributed by atoms with van der Waals surface area (Å²) in [5, 5.41) is 12.5. The van der Waals surface area contributed by atoms with Gasteiger partial charge in [0.05, 0.1) is 0 Å². The Bertz CT molecular complexity index is 506. The highest BCUT2D eigenvalue weighted by Gasteiger charge is 2.50. The first-order valence-electron chi connectivity index (χ1n) is 7.20. The van der Waals surface area contributed by atoms with Gasteiger partial charge in [-0.05, 0) is 0 Å². The smallest absolute Gasteiger partial charge is 0.303 e. The summed E-state index contributed by atoms with van der Waals surface area (Å²) in [7, 11) is 0. The van der Waals surface area contributed by atoms with E-state index in [1.54, 1.807) is 0 Å². The first kappa shape index (κ1) is 19.8. The number of esters is 3. The van der Waals surface area contributed by atoms with Crippen LogP contribution in [0.15, 0.2) is 0 Å². The molecule has 0 aromatic rings. The van der Waals surface area contributed by atoms with E-state index in [9.17, 15) is 24.3 Å². The monoisotopic (exact) mass is 347 g/mol. The fourth-order valence-corrected chi connectivity index (χ4v) is 2.31. The highest BCUT2D eigenvalue weighted by Crippen LogP contribution is 2.26. The van der Waals surface area contributed by atoms with Crippen molar-refractivity contribution in [3.63, 3.8) is 0 Å². The van der Waals surface area contributed by atoms with Crippen LogP contribution in [0.1, 0.15) is 27.7 Å². The van der Waals surface area contributed by atoms with E-state index in [4.69, 9.17) is 18.9 Å². The molecule has 136 valence electrons. The first-order valence-corrected chi connectivity index (χ1v) is 7.20. The number of nitrogens with one attached hydrogen (secondary N) is 1. The normalized spacial score (nSPS) is 29.3. The minimum Gasteiger partial charge on any atom is -0.463 e. The molecule has 0 saturated carbocycles. The lowest BCUT2D eigenvalue weighted by atomic mass is 9.96. The molecule has 0 aromatic carbocycles. The van der Waals surface area contributed by atoms with E-state index in [-0.39, 0.29) is 6.61 Å². The van der Waals surface area contributed by atoms with Crippen molar-refractivity contribution in [3.05, 3.63) is 0 Å². The molecular formula is C14H21NO9. The van der Waals surface area contributed by atoms with Gasteiger partial charge in [-0.25, -0.2) is 0 Å². The van der Waals surface area contributed by atoms with Gasteiger partial charge in [-0.15, -0.1) is 0 Å². The Hall–Kier alpha value is -2.20. The summed E-state index contributed by atoms with van der Waals surface area (Å²) < 4.78 is 20.3. The zero-order valence-corrected chi connectivity index (χ0v) is 13.8. The molecule has 0 bridgehead atoms. The van der Waals surface area contributed by atoms with E-state index in [0.29, 0.717) is 0 Å². The number of ether oxygens (including phenoxy) is 4. The second kappa shape index (κ2) is 8.60. The van der Waals surface area contributed by atoms with E-state index in [0.717, 1.165) is 13.8 Å². The maximum Gasteiger partial charge on any atom is 0.303 e. The quantitative estimate of drug-likeness (QED) is 0.456. The molecule has 10 heteroatoms. The van der Waals surface area contributed by atoms with E-state index >= 15 is 0 Å². The molecule has 10 nitrogen and oxygen atoms in total. The maximum absolute atomic E-state index is 11.4. The summed E-state index contributed by atoms with van der Waals surface area (Å²) in [6, 6.07) is -1.16. The molecule has 1 rings (SSSR count). The van der Waals surface area contributed by atoms with E-state index in [1.165, 1.54) is 13.8 Å². The number of carbonyl (C=O) groups excluding carboxylic acids is 4. The van der Waals surface area contributed by atoms with Crippen molar-refractivity contribution in [2.24, 2.45) is 0 Å². The Morgan fingerprint density at radius 2 is 1.50 bits per heavy atom. The molecule has 2 N–H and O–H groups in total. The molecule has 1 aliphatic rings. The van der Waals surface area contributed by atoms with Gasteiger partial charge in [-0.3, -0.25) is 19.2 Å². The van der Waals surface area contributed by atoms with Gasteiger partial charge in [0, 0.05) is 27.7 Å². The molecule has 0 unspecified atom stereocenters. The molecular weight excluding hydrogens is 326 g/mol. The van der Waals surface area contributed by atoms with Crippen molar-refractivity contribution < 1.29 is 43.2 Å². The molecule has 0 spiro atoms. The van der Waals surface area contributed by atoms with Crippen molar-refractivity contribution in [3.8, 4) is 0 Å². The Morgan fingerprint density at radius 1 is 0.958 bits per heavy atom. The topological polar surface area (TPSA) is 137 Å².